The number of hydrogen-bond acceptors (Lipinski definition) is 0. The van der Waals surface area contributed by atoms with Crippen LogP contribution in [0.15, 0.2) is 0 Å². The molecule has 0 aliphatic heterocycles. The van der Waals surface area contributed by atoms with E-state index in [0.29, 0.717) is 0 Å². The molecule has 0 spiro atoms. The van der Waals surface area contributed by atoms with Gasteiger partial charge in [-0.25, -0.2) is 0 Å². The topological polar surface area (TPSA) is 0 Å². The smallest absolute Gasteiger partial charge is 0.0414 e. The van der Waals surface area contributed by atoms with Crippen molar-refractivity contribution in [2.24, 2.45) is 17.8 Å². The summed E-state index contributed by atoms with van der Waals surface area (Å²) in [7, 11) is 0. The maximum Gasteiger partial charge on any atom is -0.0414 e. The first-order chi connectivity index (χ1) is 7.80. The maximum atomic E-state index is 2.35. The lowest BCUT2D eigenvalue weighted by molar-refractivity contribution is 0.237. The molecule has 1 aliphatic carbocycles. The Balaban J connectivity index is 2.12. The van der Waals surface area contributed by atoms with Crippen LogP contribution in [-0.2, 0) is 0 Å². The van der Waals surface area contributed by atoms with Crippen molar-refractivity contribution in [3.63, 3.8) is 0 Å². The second-order valence-electron chi connectivity index (χ2n) is 5.94. The molecule has 0 aromatic heterocycles. The Morgan fingerprint density at radius 3 is 1.75 bits per heavy atom. The fourth-order valence-corrected chi connectivity index (χ4v) is 3.39. The Morgan fingerprint density at radius 1 is 0.812 bits per heavy atom. The van der Waals surface area contributed by atoms with E-state index in [1.165, 1.54) is 64.2 Å². The van der Waals surface area contributed by atoms with Crippen LogP contribution >= 0.6 is 0 Å². The lowest BCUT2D eigenvalue weighted by atomic mass is 9.77. The summed E-state index contributed by atoms with van der Waals surface area (Å²) in [5.74, 6) is 3.16. The van der Waals surface area contributed by atoms with Crippen molar-refractivity contribution < 1.29 is 0 Å². The maximum absolute atomic E-state index is 2.35. The van der Waals surface area contributed by atoms with E-state index >= 15 is 0 Å². The van der Waals surface area contributed by atoms with Crippen molar-refractivity contribution in [2.45, 2.75) is 85.0 Å². The van der Waals surface area contributed by atoms with Gasteiger partial charge in [-0.1, -0.05) is 85.0 Å². The second kappa shape index (κ2) is 8.14. The van der Waals surface area contributed by atoms with E-state index in [2.05, 4.69) is 20.8 Å². The summed E-state index contributed by atoms with van der Waals surface area (Å²) < 4.78 is 0. The van der Waals surface area contributed by atoms with Gasteiger partial charge >= 0.3 is 0 Å². The molecular weight excluding hydrogens is 192 g/mol. The van der Waals surface area contributed by atoms with Crippen LogP contribution in [-0.4, -0.2) is 0 Å². The normalized spacial score (nSPS) is 26.2. The standard InChI is InChI=1S/C16H32/c1-4-7-15-10-12-16(13-11-15)9-8-14(5-2)6-3/h14-16H,4-13H2,1-3H3. The van der Waals surface area contributed by atoms with Gasteiger partial charge in [-0.05, 0) is 17.8 Å². The van der Waals surface area contributed by atoms with Crippen molar-refractivity contribution >= 4 is 0 Å². The van der Waals surface area contributed by atoms with E-state index in [-0.39, 0.29) is 0 Å². The van der Waals surface area contributed by atoms with Gasteiger partial charge in [0.1, 0.15) is 0 Å². The van der Waals surface area contributed by atoms with E-state index in [0.717, 1.165) is 17.8 Å². The van der Waals surface area contributed by atoms with Crippen molar-refractivity contribution in [3.8, 4) is 0 Å². The molecule has 0 aromatic carbocycles. The first-order valence-electron chi connectivity index (χ1n) is 7.80. The first kappa shape index (κ1) is 14.1. The largest absolute Gasteiger partial charge is 0.0654 e. The molecule has 0 N–H and O–H groups in total. The summed E-state index contributed by atoms with van der Waals surface area (Å²) in [6, 6.07) is 0. The average molecular weight is 224 g/mol. The summed E-state index contributed by atoms with van der Waals surface area (Å²) in [6.07, 6.45) is 14.8. The van der Waals surface area contributed by atoms with Gasteiger partial charge < -0.3 is 0 Å². The third kappa shape index (κ3) is 4.89. The molecule has 1 saturated carbocycles. The number of hydrogen-bond donors (Lipinski definition) is 0. The predicted octanol–water partition coefficient (Wildman–Crippen LogP) is 5.81. The Labute approximate surface area is 103 Å². The molecule has 0 heteroatoms. The van der Waals surface area contributed by atoms with Gasteiger partial charge in [0.15, 0.2) is 0 Å². The van der Waals surface area contributed by atoms with Gasteiger partial charge in [0.25, 0.3) is 0 Å². The molecule has 0 bridgehead atoms. The van der Waals surface area contributed by atoms with Gasteiger partial charge in [0.05, 0.1) is 0 Å². The van der Waals surface area contributed by atoms with Gasteiger partial charge in [0, 0.05) is 0 Å². The molecule has 0 nitrogen and oxygen atoms in total. The highest BCUT2D eigenvalue weighted by Crippen LogP contribution is 2.34. The van der Waals surface area contributed by atoms with E-state index in [9.17, 15) is 0 Å². The van der Waals surface area contributed by atoms with Crippen LogP contribution in [0, 0.1) is 17.8 Å². The Morgan fingerprint density at radius 2 is 1.31 bits per heavy atom. The molecule has 96 valence electrons. The zero-order valence-electron chi connectivity index (χ0n) is 11.8. The van der Waals surface area contributed by atoms with Crippen molar-refractivity contribution in [2.75, 3.05) is 0 Å². The molecule has 0 atom stereocenters. The molecule has 0 aromatic rings. The van der Waals surface area contributed by atoms with Crippen LogP contribution < -0.4 is 0 Å². The highest BCUT2D eigenvalue weighted by Gasteiger charge is 2.20. The highest BCUT2D eigenvalue weighted by molar-refractivity contribution is 4.73. The highest BCUT2D eigenvalue weighted by atomic mass is 14.3. The predicted molar refractivity (Wildman–Crippen MR) is 73.7 cm³/mol. The third-order valence-corrected chi connectivity index (χ3v) is 4.80. The quantitative estimate of drug-likeness (QED) is 0.512. The molecular formula is C16H32. The molecule has 1 rings (SSSR count). The van der Waals surface area contributed by atoms with E-state index in [1.807, 2.05) is 0 Å². The van der Waals surface area contributed by atoms with Crippen molar-refractivity contribution in [1.29, 1.82) is 0 Å². The molecule has 0 saturated heterocycles. The van der Waals surface area contributed by atoms with Crippen molar-refractivity contribution in [3.05, 3.63) is 0 Å². The van der Waals surface area contributed by atoms with E-state index < -0.39 is 0 Å². The fraction of sp³-hybridized carbons (Fsp3) is 1.00. The lowest BCUT2D eigenvalue weighted by Crippen LogP contribution is -2.15. The van der Waals surface area contributed by atoms with Crippen LogP contribution in [0.25, 0.3) is 0 Å². The second-order valence-corrected chi connectivity index (χ2v) is 5.94. The monoisotopic (exact) mass is 224 g/mol. The molecule has 0 unspecified atom stereocenters. The zero-order chi connectivity index (χ0) is 11.8. The SMILES string of the molecule is CCCC1CCC(CCC(CC)CC)CC1. The molecule has 16 heavy (non-hydrogen) atoms. The minimum atomic E-state index is 1.01. The van der Waals surface area contributed by atoms with Crippen LogP contribution in [0.2, 0.25) is 0 Å². The van der Waals surface area contributed by atoms with Crippen LogP contribution in [0.1, 0.15) is 85.0 Å². The lowest BCUT2D eigenvalue weighted by Gasteiger charge is -2.29. The first-order valence-corrected chi connectivity index (χ1v) is 7.80. The Hall–Kier alpha value is 0. The molecule has 0 heterocycles. The Bertz CT molecular complexity index is 149. The number of rotatable bonds is 7. The summed E-state index contributed by atoms with van der Waals surface area (Å²) in [5, 5.41) is 0. The fourth-order valence-electron chi connectivity index (χ4n) is 3.39. The zero-order valence-corrected chi connectivity index (χ0v) is 11.8. The van der Waals surface area contributed by atoms with Crippen LogP contribution in [0.4, 0.5) is 0 Å². The molecule has 1 aliphatic rings. The summed E-state index contributed by atoms with van der Waals surface area (Å²) in [6.45, 7) is 7.04. The summed E-state index contributed by atoms with van der Waals surface area (Å²) in [5.41, 5.74) is 0. The van der Waals surface area contributed by atoms with Gasteiger partial charge in [-0.3, -0.25) is 0 Å². The molecule has 1 fully saturated rings. The molecule has 0 amide bonds. The average Bonchev–Trinajstić information content (AvgIpc) is 2.33. The molecule has 0 radical (unpaired) electrons. The summed E-state index contributed by atoms with van der Waals surface area (Å²) >= 11 is 0. The van der Waals surface area contributed by atoms with Gasteiger partial charge in [-0.15, -0.1) is 0 Å². The summed E-state index contributed by atoms with van der Waals surface area (Å²) in [4.78, 5) is 0. The van der Waals surface area contributed by atoms with Crippen LogP contribution in [0.3, 0.4) is 0 Å². The van der Waals surface area contributed by atoms with E-state index in [1.54, 1.807) is 0 Å². The van der Waals surface area contributed by atoms with Gasteiger partial charge in [0.2, 0.25) is 0 Å². The Kier molecular flexibility index (Phi) is 7.16. The van der Waals surface area contributed by atoms with Crippen LogP contribution in [0.5, 0.6) is 0 Å². The minimum Gasteiger partial charge on any atom is -0.0654 e. The minimum absolute atomic E-state index is 1.01. The van der Waals surface area contributed by atoms with Crippen molar-refractivity contribution in [1.82, 2.24) is 0 Å². The third-order valence-electron chi connectivity index (χ3n) is 4.80. The van der Waals surface area contributed by atoms with Gasteiger partial charge in [-0.2, -0.15) is 0 Å². The van der Waals surface area contributed by atoms with E-state index in [4.69, 9.17) is 0 Å².